The second kappa shape index (κ2) is 14.4. The molecule has 9 nitrogen and oxygen atoms in total. The van der Waals surface area contributed by atoms with Crippen molar-refractivity contribution in [3.63, 3.8) is 0 Å². The quantitative estimate of drug-likeness (QED) is 0.146. The molecule has 0 spiro atoms. The van der Waals surface area contributed by atoms with Crippen LogP contribution in [0.3, 0.4) is 0 Å². The molecule has 11 heteroatoms. The third-order valence-corrected chi connectivity index (χ3v) is 10.9. The third-order valence-electron chi connectivity index (χ3n) is 8.32. The predicted octanol–water partition coefficient (Wildman–Crippen LogP) is 6.13. The monoisotopic (exact) mass is 650 g/mol. The summed E-state index contributed by atoms with van der Waals surface area (Å²) in [5, 5.41) is 0. The Balaban J connectivity index is 1.65. The summed E-state index contributed by atoms with van der Waals surface area (Å²) >= 11 is 6.47. The van der Waals surface area contributed by atoms with Crippen molar-refractivity contribution in [1.29, 1.82) is 0 Å². The van der Waals surface area contributed by atoms with Gasteiger partial charge in [-0.15, -0.1) is 0 Å². The van der Waals surface area contributed by atoms with Gasteiger partial charge in [0.2, 0.25) is 0 Å². The number of nitrogens with one attached hydrogen (secondary N) is 1. The Morgan fingerprint density at radius 3 is 2.00 bits per heavy atom. The summed E-state index contributed by atoms with van der Waals surface area (Å²) in [7, 11) is 1.69. The van der Waals surface area contributed by atoms with Crippen LogP contribution in [0.2, 0.25) is 0 Å². The van der Waals surface area contributed by atoms with Crippen molar-refractivity contribution in [3.8, 4) is 0 Å². The van der Waals surface area contributed by atoms with Crippen LogP contribution < -0.4 is 11.2 Å². The molecule has 1 fully saturated rings. The Morgan fingerprint density at radius 1 is 0.956 bits per heavy atom. The molecule has 1 aromatic heterocycles. The molecule has 0 aliphatic carbocycles. The molecule has 0 amide bonds. The average Bonchev–Trinajstić information content (AvgIpc) is 3.06. The highest BCUT2D eigenvalue weighted by molar-refractivity contribution is 7.83. The molecule has 3 atom stereocenters. The maximum Gasteiger partial charge on any atom is 0.362 e. The molecule has 1 saturated heterocycles. The SMILES string of the molecule is CCCCN(C)P(=O)(Cl)OC[C@@H]1CN(C(c2ccccc2)(c2ccccc2)c2ccccc2)C[C@H](n2cc(C)c(=O)[nH]c2=O)O1. The lowest BCUT2D eigenvalue weighted by Gasteiger charge is -2.50. The predicted molar refractivity (Wildman–Crippen MR) is 178 cm³/mol. The van der Waals surface area contributed by atoms with Gasteiger partial charge in [-0.05, 0) is 48.3 Å². The first-order valence-corrected chi connectivity index (χ1v) is 17.7. The number of nitrogens with zero attached hydrogens (tertiary/aromatic N) is 3. The molecule has 45 heavy (non-hydrogen) atoms. The Hall–Kier alpha value is -3.30. The topological polar surface area (TPSA) is 96.9 Å². The number of unbranched alkanes of at least 4 members (excludes halogenated alkanes) is 1. The first-order valence-electron chi connectivity index (χ1n) is 15.2. The highest BCUT2D eigenvalue weighted by atomic mass is 35.7. The fourth-order valence-electron chi connectivity index (χ4n) is 6.00. The van der Waals surface area contributed by atoms with Crippen LogP contribution in [0, 0.1) is 6.92 Å². The molecular formula is C34H40ClN4O5P. The smallest absolute Gasteiger partial charge is 0.350 e. The van der Waals surface area contributed by atoms with E-state index in [-0.39, 0.29) is 13.2 Å². The van der Waals surface area contributed by atoms with Gasteiger partial charge in [0.1, 0.15) is 0 Å². The zero-order valence-electron chi connectivity index (χ0n) is 25.8. The van der Waals surface area contributed by atoms with E-state index in [0.717, 1.165) is 29.5 Å². The van der Waals surface area contributed by atoms with Gasteiger partial charge >= 0.3 is 12.6 Å². The number of ether oxygens (including phenoxy) is 1. The van der Waals surface area contributed by atoms with E-state index in [1.807, 2.05) is 54.6 Å². The van der Waals surface area contributed by atoms with Crippen molar-refractivity contribution in [2.45, 2.75) is 44.6 Å². The largest absolute Gasteiger partial charge is 0.362 e. The van der Waals surface area contributed by atoms with E-state index >= 15 is 0 Å². The molecule has 5 rings (SSSR count). The highest BCUT2D eigenvalue weighted by Gasteiger charge is 2.47. The lowest BCUT2D eigenvalue weighted by Crippen LogP contribution is -2.58. The number of morpholine rings is 1. The molecule has 4 aromatic rings. The van der Waals surface area contributed by atoms with Crippen molar-refractivity contribution in [1.82, 2.24) is 19.1 Å². The number of benzene rings is 3. The number of hydrogen-bond donors (Lipinski definition) is 1. The van der Waals surface area contributed by atoms with Crippen LogP contribution in [0.1, 0.15) is 48.2 Å². The molecule has 2 heterocycles. The highest BCUT2D eigenvalue weighted by Crippen LogP contribution is 2.55. The van der Waals surface area contributed by atoms with Crippen molar-refractivity contribution >= 4 is 18.1 Å². The molecule has 1 aliphatic rings. The molecular weight excluding hydrogens is 611 g/mol. The Labute approximate surface area is 268 Å². The number of aryl methyl sites for hydroxylation is 1. The lowest BCUT2D eigenvalue weighted by molar-refractivity contribution is -0.148. The van der Waals surface area contributed by atoms with Crippen molar-refractivity contribution in [2.24, 2.45) is 0 Å². The summed E-state index contributed by atoms with van der Waals surface area (Å²) in [6.07, 6.45) is 1.84. The summed E-state index contributed by atoms with van der Waals surface area (Å²) in [6, 6.07) is 30.6. The number of hydrogen-bond acceptors (Lipinski definition) is 6. The van der Waals surface area contributed by atoms with Crippen LogP contribution in [0.4, 0.5) is 0 Å². The molecule has 0 saturated carbocycles. The van der Waals surface area contributed by atoms with Crippen molar-refractivity contribution < 1.29 is 13.8 Å². The van der Waals surface area contributed by atoms with Gasteiger partial charge in [-0.1, -0.05) is 104 Å². The first-order chi connectivity index (χ1) is 21.7. The van der Waals surface area contributed by atoms with E-state index in [4.69, 9.17) is 20.5 Å². The summed E-state index contributed by atoms with van der Waals surface area (Å²) in [5.74, 6) is 0. The van der Waals surface area contributed by atoms with Crippen LogP contribution in [0.5, 0.6) is 0 Å². The number of aromatic nitrogens is 2. The third kappa shape index (κ3) is 7.09. The van der Waals surface area contributed by atoms with E-state index in [1.54, 1.807) is 18.6 Å². The van der Waals surface area contributed by atoms with E-state index in [1.165, 1.54) is 10.8 Å². The fourth-order valence-corrected chi connectivity index (χ4v) is 7.33. The van der Waals surface area contributed by atoms with Gasteiger partial charge in [0.05, 0.1) is 18.2 Å². The molecule has 0 bridgehead atoms. The lowest BCUT2D eigenvalue weighted by atomic mass is 9.75. The molecule has 1 aliphatic heterocycles. The average molecular weight is 651 g/mol. The van der Waals surface area contributed by atoms with Gasteiger partial charge in [-0.25, -0.2) is 9.46 Å². The number of halogens is 1. The van der Waals surface area contributed by atoms with Crippen LogP contribution in [0.15, 0.2) is 107 Å². The molecule has 3 aromatic carbocycles. The van der Waals surface area contributed by atoms with Crippen LogP contribution in [0.25, 0.3) is 0 Å². The summed E-state index contributed by atoms with van der Waals surface area (Å²) in [5.41, 5.74) is 1.61. The molecule has 1 N–H and O–H groups in total. The minimum absolute atomic E-state index is 0.0736. The minimum Gasteiger partial charge on any atom is -0.350 e. The van der Waals surface area contributed by atoms with E-state index < -0.39 is 36.0 Å². The first kappa shape index (κ1) is 33.1. The maximum absolute atomic E-state index is 13.4. The normalized spacial score (nSPS) is 19.0. The Bertz CT molecular complexity index is 1620. The molecule has 238 valence electrons. The number of aromatic amines is 1. The standard InChI is InChI=1S/C34H40ClN4O5P/c1-4-5-21-37(3)45(35,42)43-25-30-23-38(24-31(44-30)39-22-26(2)32(40)36-33(39)41)34(27-15-9-6-10-16-27,28-17-11-7-12-18-28)29-19-13-8-14-20-29/h6-20,22,30-31H,4-5,21,23-25H2,1-3H3,(H,36,40,41)/t30-,31+,45?/m0/s1. The second-order valence-corrected chi connectivity index (χ2v) is 14.5. The van der Waals surface area contributed by atoms with Crippen molar-refractivity contribution in [2.75, 3.05) is 33.3 Å². The minimum atomic E-state index is -3.64. The summed E-state index contributed by atoms with van der Waals surface area (Å²) in [4.78, 5) is 30.1. The van der Waals surface area contributed by atoms with Gasteiger partial charge in [-0.3, -0.25) is 23.8 Å². The van der Waals surface area contributed by atoms with Gasteiger partial charge in [0.25, 0.3) is 5.56 Å². The van der Waals surface area contributed by atoms with Crippen LogP contribution >= 0.6 is 18.1 Å². The van der Waals surface area contributed by atoms with Crippen molar-refractivity contribution in [3.05, 3.63) is 140 Å². The summed E-state index contributed by atoms with van der Waals surface area (Å²) < 4.78 is 28.8. The summed E-state index contributed by atoms with van der Waals surface area (Å²) in [6.45, 7) is 1.17. The zero-order valence-corrected chi connectivity index (χ0v) is 27.5. The molecule has 1 unspecified atom stereocenters. The zero-order chi connectivity index (χ0) is 32.0. The number of rotatable bonds is 12. The van der Waals surface area contributed by atoms with E-state index in [9.17, 15) is 14.2 Å². The van der Waals surface area contributed by atoms with E-state index in [2.05, 4.69) is 53.2 Å². The van der Waals surface area contributed by atoms with Gasteiger partial charge < -0.3 is 9.26 Å². The van der Waals surface area contributed by atoms with Gasteiger partial charge in [0.15, 0.2) is 6.23 Å². The van der Waals surface area contributed by atoms with Crippen LogP contribution in [-0.4, -0.2) is 58.5 Å². The fraction of sp³-hybridized carbons (Fsp3) is 0.353. The Kier molecular flexibility index (Phi) is 10.6. The van der Waals surface area contributed by atoms with Crippen LogP contribution in [-0.2, 0) is 19.4 Å². The Morgan fingerprint density at radius 2 is 1.49 bits per heavy atom. The van der Waals surface area contributed by atoms with E-state index in [0.29, 0.717) is 18.7 Å². The molecule has 0 radical (unpaired) electrons. The van der Waals surface area contributed by atoms with Gasteiger partial charge in [0, 0.05) is 31.4 Å². The second-order valence-electron chi connectivity index (χ2n) is 11.4. The van der Waals surface area contributed by atoms with Gasteiger partial charge in [-0.2, -0.15) is 0 Å². The number of H-pyrrole nitrogens is 1. The maximum atomic E-state index is 13.4.